The fraction of sp³-hybridized carbons (Fsp3) is 0.375. The van der Waals surface area contributed by atoms with Gasteiger partial charge in [-0.3, -0.25) is 4.79 Å². The summed E-state index contributed by atoms with van der Waals surface area (Å²) < 4.78 is 16.3. The molecule has 1 heterocycles. The molecule has 1 aromatic rings. The third kappa shape index (κ3) is 2.12. The largest absolute Gasteiger partial charge is 0.506 e. The fourth-order valence-electron chi connectivity index (χ4n) is 3.17. The van der Waals surface area contributed by atoms with Crippen LogP contribution < -0.4 is 4.74 Å². The Bertz CT molecular complexity index is 770. The molecule has 0 amide bonds. The summed E-state index contributed by atoms with van der Waals surface area (Å²) >= 11 is 1.88. The summed E-state index contributed by atoms with van der Waals surface area (Å²) in [5.74, 6) is -1.49. The molecule has 0 fully saturated rings. The lowest BCUT2D eigenvalue weighted by atomic mass is 9.74. The number of benzene rings is 1. The van der Waals surface area contributed by atoms with E-state index in [1.165, 1.54) is 13.2 Å². The second-order valence-corrected chi connectivity index (χ2v) is 6.65. The van der Waals surface area contributed by atoms with Crippen LogP contribution in [-0.2, 0) is 14.3 Å². The Kier molecular flexibility index (Phi) is 4.20. The number of phenolic OH excluding ortho intramolecular Hbond substituents is 1. The number of Topliss-reactive ketones (excluding diaryl/α,β-unsaturated/α-hetero) is 1. The van der Waals surface area contributed by atoms with Gasteiger partial charge in [-0.15, -0.1) is 0 Å². The number of aromatic hydroxyl groups is 1. The first-order valence-electron chi connectivity index (χ1n) is 7.17. The number of hydrogen-bond donors (Lipinski definition) is 2. The Hall–Kier alpha value is -1.81. The standard InChI is InChI=1S/C16H15IO7/c1-22-9-5-6-10(18)16(15(21)23-2)12(9)14(20)11-8(24-16)4-3-7(17)13(11)19/h3-4,10,18-19H,5-6H2,1-2H3. The predicted octanol–water partition coefficient (Wildman–Crippen LogP) is 1.54. The monoisotopic (exact) mass is 446 g/mol. The minimum atomic E-state index is -2.00. The maximum absolute atomic E-state index is 13.1. The molecule has 24 heavy (non-hydrogen) atoms. The maximum Gasteiger partial charge on any atom is 0.358 e. The van der Waals surface area contributed by atoms with E-state index in [9.17, 15) is 19.8 Å². The number of ether oxygens (including phenoxy) is 3. The number of aliphatic hydroxyl groups is 1. The van der Waals surface area contributed by atoms with E-state index < -0.39 is 23.5 Å². The quantitative estimate of drug-likeness (QED) is 0.525. The summed E-state index contributed by atoms with van der Waals surface area (Å²) in [5, 5.41) is 20.8. The van der Waals surface area contributed by atoms with Gasteiger partial charge >= 0.3 is 5.97 Å². The summed E-state index contributed by atoms with van der Waals surface area (Å²) in [6.07, 6.45) is -0.848. The third-order valence-electron chi connectivity index (χ3n) is 4.31. The number of methoxy groups -OCH3 is 2. The average molecular weight is 446 g/mol. The van der Waals surface area contributed by atoms with Crippen molar-refractivity contribution >= 4 is 34.3 Å². The van der Waals surface area contributed by atoms with E-state index in [1.54, 1.807) is 6.07 Å². The van der Waals surface area contributed by atoms with E-state index in [0.717, 1.165) is 7.11 Å². The van der Waals surface area contributed by atoms with Gasteiger partial charge < -0.3 is 24.4 Å². The van der Waals surface area contributed by atoms with Crippen LogP contribution in [0.4, 0.5) is 0 Å². The number of fused-ring (bicyclic) bond motifs is 2. The van der Waals surface area contributed by atoms with Crippen molar-refractivity contribution in [3.8, 4) is 11.5 Å². The van der Waals surface area contributed by atoms with Gasteiger partial charge in [0.15, 0.2) is 0 Å². The Morgan fingerprint density at radius 3 is 2.75 bits per heavy atom. The Labute approximate surface area is 151 Å². The van der Waals surface area contributed by atoms with Gasteiger partial charge in [0.25, 0.3) is 5.60 Å². The van der Waals surface area contributed by atoms with Gasteiger partial charge in [-0.05, 0) is 41.1 Å². The smallest absolute Gasteiger partial charge is 0.358 e. The second kappa shape index (κ2) is 5.92. The van der Waals surface area contributed by atoms with Crippen molar-refractivity contribution in [2.45, 2.75) is 24.5 Å². The molecule has 0 aromatic heterocycles. The van der Waals surface area contributed by atoms with Gasteiger partial charge in [0, 0.05) is 6.42 Å². The highest BCUT2D eigenvalue weighted by Gasteiger charge is 2.61. The Morgan fingerprint density at radius 1 is 1.42 bits per heavy atom. The van der Waals surface area contributed by atoms with Crippen LogP contribution in [-0.4, -0.2) is 47.9 Å². The van der Waals surface area contributed by atoms with Crippen LogP contribution in [0.15, 0.2) is 23.5 Å². The van der Waals surface area contributed by atoms with Crippen molar-refractivity contribution in [1.29, 1.82) is 0 Å². The van der Waals surface area contributed by atoms with Crippen molar-refractivity contribution in [3.05, 3.63) is 32.6 Å². The lowest BCUT2D eigenvalue weighted by Gasteiger charge is -2.43. The number of carbonyl (C=O) groups is 2. The molecule has 1 aliphatic heterocycles. The Morgan fingerprint density at radius 2 is 2.12 bits per heavy atom. The molecular formula is C16H15IO7. The Balaban J connectivity index is 2.35. The van der Waals surface area contributed by atoms with Gasteiger partial charge in [0.1, 0.15) is 28.9 Å². The van der Waals surface area contributed by atoms with E-state index >= 15 is 0 Å². The van der Waals surface area contributed by atoms with Gasteiger partial charge in [0.05, 0.1) is 23.4 Å². The van der Waals surface area contributed by atoms with Crippen LogP contribution in [0.2, 0.25) is 0 Å². The van der Waals surface area contributed by atoms with E-state index in [0.29, 0.717) is 3.57 Å². The van der Waals surface area contributed by atoms with Crippen molar-refractivity contribution in [2.24, 2.45) is 0 Å². The summed E-state index contributed by atoms with van der Waals surface area (Å²) in [5.41, 5.74) is -2.18. The number of allylic oxidation sites excluding steroid dienone is 1. The number of carbonyl (C=O) groups excluding carboxylic acids is 2. The van der Waals surface area contributed by atoms with E-state index in [4.69, 9.17) is 14.2 Å². The van der Waals surface area contributed by atoms with E-state index in [2.05, 4.69) is 0 Å². The van der Waals surface area contributed by atoms with Crippen molar-refractivity contribution in [3.63, 3.8) is 0 Å². The molecule has 0 spiro atoms. The number of aliphatic hydroxyl groups excluding tert-OH is 1. The SMILES string of the molecule is COC(=O)C12Oc3ccc(I)c(O)c3C(=O)C1=C(OC)CCC2O. The first kappa shape index (κ1) is 17.0. The van der Waals surface area contributed by atoms with Crippen LogP contribution >= 0.6 is 22.6 Å². The average Bonchev–Trinajstić information content (AvgIpc) is 2.58. The van der Waals surface area contributed by atoms with Gasteiger partial charge in [-0.1, -0.05) is 0 Å². The fourth-order valence-corrected chi connectivity index (χ4v) is 3.62. The molecule has 2 N–H and O–H groups in total. The molecule has 0 saturated heterocycles. The lowest BCUT2D eigenvalue weighted by Crippen LogP contribution is -2.61. The topological polar surface area (TPSA) is 102 Å². The zero-order chi connectivity index (χ0) is 17.6. The minimum absolute atomic E-state index is 0.0171. The molecule has 128 valence electrons. The third-order valence-corrected chi connectivity index (χ3v) is 5.19. The molecule has 8 heteroatoms. The molecule has 1 aliphatic carbocycles. The molecule has 2 unspecified atom stereocenters. The van der Waals surface area contributed by atoms with E-state index in [-0.39, 0.29) is 41.2 Å². The number of ketones is 1. The molecule has 7 nitrogen and oxygen atoms in total. The molecule has 0 bridgehead atoms. The highest BCUT2D eigenvalue weighted by Crippen LogP contribution is 2.48. The van der Waals surface area contributed by atoms with E-state index in [1.807, 2.05) is 22.6 Å². The minimum Gasteiger partial charge on any atom is -0.506 e. The molecule has 2 aliphatic rings. The summed E-state index contributed by atoms with van der Waals surface area (Å²) in [4.78, 5) is 25.6. The van der Waals surface area contributed by atoms with Crippen LogP contribution in [0.5, 0.6) is 11.5 Å². The molecule has 3 rings (SSSR count). The highest BCUT2D eigenvalue weighted by molar-refractivity contribution is 14.1. The first-order valence-corrected chi connectivity index (χ1v) is 8.25. The number of halogens is 1. The molecule has 2 atom stereocenters. The van der Waals surface area contributed by atoms with Crippen LogP contribution in [0.25, 0.3) is 0 Å². The summed E-state index contributed by atoms with van der Waals surface area (Å²) in [6, 6.07) is 3.03. The molecule has 0 saturated carbocycles. The highest BCUT2D eigenvalue weighted by atomic mass is 127. The number of rotatable bonds is 2. The van der Waals surface area contributed by atoms with Crippen molar-refractivity contribution in [1.82, 2.24) is 0 Å². The zero-order valence-electron chi connectivity index (χ0n) is 13.0. The van der Waals surface area contributed by atoms with Gasteiger partial charge in [-0.2, -0.15) is 0 Å². The number of phenols is 1. The first-order chi connectivity index (χ1) is 11.4. The maximum atomic E-state index is 13.1. The van der Waals surface area contributed by atoms with Crippen molar-refractivity contribution < 1.29 is 34.0 Å². The zero-order valence-corrected chi connectivity index (χ0v) is 15.1. The van der Waals surface area contributed by atoms with Gasteiger partial charge in [-0.25, -0.2) is 4.79 Å². The van der Waals surface area contributed by atoms with Crippen LogP contribution in [0, 0.1) is 3.57 Å². The second-order valence-electron chi connectivity index (χ2n) is 5.48. The predicted molar refractivity (Wildman–Crippen MR) is 89.8 cm³/mol. The van der Waals surface area contributed by atoms with Crippen LogP contribution in [0.1, 0.15) is 23.2 Å². The molecule has 1 aromatic carbocycles. The van der Waals surface area contributed by atoms with Crippen LogP contribution in [0.3, 0.4) is 0 Å². The lowest BCUT2D eigenvalue weighted by molar-refractivity contribution is -0.167. The molecule has 0 radical (unpaired) electrons. The van der Waals surface area contributed by atoms with Crippen molar-refractivity contribution in [2.75, 3.05) is 14.2 Å². The van der Waals surface area contributed by atoms with Gasteiger partial charge in [0.2, 0.25) is 5.78 Å². The number of hydrogen-bond acceptors (Lipinski definition) is 7. The summed E-state index contributed by atoms with van der Waals surface area (Å²) in [6.45, 7) is 0. The summed E-state index contributed by atoms with van der Waals surface area (Å²) in [7, 11) is 2.52. The number of esters is 1. The normalized spacial score (nSPS) is 25.5. The molecular weight excluding hydrogens is 431 g/mol.